The molecule has 1 aliphatic heterocycles. The van der Waals surface area contributed by atoms with Crippen LogP contribution in [-0.2, 0) is 36.2 Å². The number of aromatic nitrogens is 2. The molecular formula is C31H31FN3O9P. The van der Waals surface area contributed by atoms with E-state index in [0.717, 1.165) is 21.1 Å². The van der Waals surface area contributed by atoms with E-state index in [1.165, 1.54) is 6.92 Å². The minimum absolute atomic E-state index is 0.145. The standard InChI is InChI=1S/C31H31FN3O9P/c1-18(30(38)42-22-13-20-8-2-3-9-21(20)14-22)34-45(40,44-26-12-6-10-19-7-4-5-11-23(19)26)41-17-27-25(36)15-28(43-27)35-16-24(32)29(37)33-31(35)39/h2-12,16,18,22,25,27-28,36H,13-15,17H2,1H3,(H,34,40)(H,33,37,39)/t18-,25?,27+,28+,45?/m0/s1. The fraction of sp³-hybridized carbons (Fsp3) is 0.323. The number of aliphatic hydroxyl groups excluding tert-OH is 1. The number of aromatic amines is 1. The fourth-order valence-corrected chi connectivity index (χ4v) is 7.06. The maximum absolute atomic E-state index is 14.3. The summed E-state index contributed by atoms with van der Waals surface area (Å²) >= 11 is 0. The number of carbonyl (C=O) groups excluding carboxylic acids is 1. The van der Waals surface area contributed by atoms with Crippen molar-refractivity contribution in [3.05, 3.63) is 111 Å². The molecule has 14 heteroatoms. The molecule has 1 aliphatic carbocycles. The van der Waals surface area contributed by atoms with Crippen LogP contribution in [-0.4, -0.2) is 51.6 Å². The smallest absolute Gasteiger partial charge is 0.459 e. The highest BCUT2D eigenvalue weighted by molar-refractivity contribution is 7.52. The van der Waals surface area contributed by atoms with Gasteiger partial charge in [-0.05, 0) is 29.5 Å². The highest BCUT2D eigenvalue weighted by Gasteiger charge is 2.40. The van der Waals surface area contributed by atoms with Crippen LogP contribution in [0.25, 0.3) is 10.8 Å². The number of rotatable bonds is 10. The molecule has 236 valence electrons. The first kappa shape index (κ1) is 30.9. The third kappa shape index (κ3) is 6.77. The number of esters is 1. The monoisotopic (exact) mass is 639 g/mol. The van der Waals surface area contributed by atoms with E-state index in [0.29, 0.717) is 24.4 Å². The van der Waals surface area contributed by atoms with Gasteiger partial charge in [-0.25, -0.2) is 9.36 Å². The molecule has 0 spiro atoms. The van der Waals surface area contributed by atoms with Crippen LogP contribution in [0.2, 0.25) is 0 Å². The van der Waals surface area contributed by atoms with Crippen molar-refractivity contribution in [3.8, 4) is 5.75 Å². The Morgan fingerprint density at radius 3 is 2.56 bits per heavy atom. The SMILES string of the molecule is C[C@H](NP(=O)(OC[C@H]1O[C@@H](n2cc(F)c(=O)[nH]c2=O)CC1O)Oc1cccc2ccccc12)C(=O)OC1Cc2ccccc2C1. The van der Waals surface area contributed by atoms with Gasteiger partial charge in [0.1, 0.15) is 30.2 Å². The summed E-state index contributed by atoms with van der Waals surface area (Å²) in [4.78, 5) is 38.6. The van der Waals surface area contributed by atoms with Crippen LogP contribution < -0.4 is 20.9 Å². The highest BCUT2D eigenvalue weighted by atomic mass is 31.2. The van der Waals surface area contributed by atoms with Crippen molar-refractivity contribution < 1.29 is 37.4 Å². The predicted molar refractivity (Wildman–Crippen MR) is 160 cm³/mol. The zero-order valence-electron chi connectivity index (χ0n) is 24.1. The molecule has 3 N–H and O–H groups in total. The molecule has 12 nitrogen and oxygen atoms in total. The Balaban J connectivity index is 1.18. The van der Waals surface area contributed by atoms with E-state index in [1.54, 1.807) is 24.3 Å². The number of aliphatic hydroxyl groups is 1. The van der Waals surface area contributed by atoms with E-state index in [2.05, 4.69) is 5.09 Å². The first-order chi connectivity index (χ1) is 21.6. The topological polar surface area (TPSA) is 158 Å². The van der Waals surface area contributed by atoms with Crippen molar-refractivity contribution in [1.82, 2.24) is 14.6 Å². The Morgan fingerprint density at radius 1 is 1.11 bits per heavy atom. The Bertz CT molecular complexity index is 1870. The van der Waals surface area contributed by atoms with E-state index in [9.17, 15) is 28.4 Å². The molecule has 0 bridgehead atoms. The van der Waals surface area contributed by atoms with Gasteiger partial charge < -0.3 is 19.1 Å². The summed E-state index contributed by atoms with van der Waals surface area (Å²) in [6.45, 7) is 0.980. The van der Waals surface area contributed by atoms with Gasteiger partial charge in [-0.3, -0.25) is 23.7 Å². The molecular weight excluding hydrogens is 608 g/mol. The zero-order valence-corrected chi connectivity index (χ0v) is 25.0. The van der Waals surface area contributed by atoms with Gasteiger partial charge in [0.2, 0.25) is 5.82 Å². The molecule has 6 rings (SSSR count). The Hall–Kier alpha value is -4.13. The zero-order chi connectivity index (χ0) is 31.7. The lowest BCUT2D eigenvalue weighted by molar-refractivity contribution is -0.150. The normalized spacial score (nSPS) is 21.7. The summed E-state index contributed by atoms with van der Waals surface area (Å²) in [5, 5.41) is 14.8. The summed E-state index contributed by atoms with van der Waals surface area (Å²) in [6, 6.07) is 19.1. The maximum Gasteiger partial charge on any atom is 0.459 e. The number of carbonyl (C=O) groups is 1. The summed E-state index contributed by atoms with van der Waals surface area (Å²) in [7, 11) is -4.37. The molecule has 2 unspecified atom stereocenters. The van der Waals surface area contributed by atoms with Gasteiger partial charge in [0, 0.05) is 24.6 Å². The number of fused-ring (bicyclic) bond motifs is 2. The maximum atomic E-state index is 14.3. The predicted octanol–water partition coefficient (Wildman–Crippen LogP) is 3.37. The quantitative estimate of drug-likeness (QED) is 0.174. The highest BCUT2D eigenvalue weighted by Crippen LogP contribution is 2.47. The lowest BCUT2D eigenvalue weighted by Crippen LogP contribution is -2.38. The van der Waals surface area contributed by atoms with Gasteiger partial charge in [0.25, 0.3) is 5.56 Å². The van der Waals surface area contributed by atoms with Crippen molar-refractivity contribution in [3.63, 3.8) is 0 Å². The number of hydrogen-bond donors (Lipinski definition) is 3. The summed E-state index contributed by atoms with van der Waals surface area (Å²) in [5.74, 6) is -1.64. The van der Waals surface area contributed by atoms with E-state index < -0.39 is 61.9 Å². The number of ether oxygens (including phenoxy) is 2. The Kier molecular flexibility index (Phi) is 8.71. The lowest BCUT2D eigenvalue weighted by Gasteiger charge is -2.25. The van der Waals surface area contributed by atoms with Crippen LogP contribution in [0.5, 0.6) is 5.75 Å². The van der Waals surface area contributed by atoms with Gasteiger partial charge in [0.15, 0.2) is 0 Å². The molecule has 1 saturated heterocycles. The van der Waals surface area contributed by atoms with Crippen LogP contribution in [0.15, 0.2) is 82.5 Å². The van der Waals surface area contributed by atoms with E-state index in [-0.39, 0.29) is 18.3 Å². The fourth-order valence-electron chi connectivity index (χ4n) is 5.53. The van der Waals surface area contributed by atoms with Crippen molar-refractivity contribution >= 4 is 24.5 Å². The number of nitrogens with zero attached hydrogens (tertiary/aromatic N) is 1. The van der Waals surface area contributed by atoms with Gasteiger partial charge in [-0.15, -0.1) is 0 Å². The number of H-pyrrole nitrogens is 1. The molecule has 2 heterocycles. The van der Waals surface area contributed by atoms with Crippen LogP contribution in [0.3, 0.4) is 0 Å². The van der Waals surface area contributed by atoms with Crippen molar-refractivity contribution in [2.75, 3.05) is 6.61 Å². The number of benzene rings is 3. The lowest BCUT2D eigenvalue weighted by atomic mass is 10.1. The Morgan fingerprint density at radius 2 is 1.80 bits per heavy atom. The molecule has 2 aliphatic rings. The van der Waals surface area contributed by atoms with Crippen molar-refractivity contribution in [1.29, 1.82) is 0 Å². The van der Waals surface area contributed by atoms with Crippen molar-refractivity contribution in [2.24, 2.45) is 0 Å². The van der Waals surface area contributed by atoms with Crippen molar-refractivity contribution in [2.45, 2.75) is 56.8 Å². The minimum atomic E-state index is -4.37. The third-order valence-electron chi connectivity index (χ3n) is 7.82. The summed E-state index contributed by atoms with van der Waals surface area (Å²) < 4.78 is 52.1. The van der Waals surface area contributed by atoms with Crippen LogP contribution >= 0.6 is 7.75 Å². The average molecular weight is 640 g/mol. The van der Waals surface area contributed by atoms with E-state index in [1.807, 2.05) is 47.4 Å². The first-order valence-electron chi connectivity index (χ1n) is 14.4. The number of halogens is 1. The average Bonchev–Trinajstić information content (AvgIpc) is 3.60. The van der Waals surface area contributed by atoms with Gasteiger partial charge >= 0.3 is 19.4 Å². The second-order valence-electron chi connectivity index (χ2n) is 11.0. The Labute approximate surface area is 256 Å². The molecule has 0 amide bonds. The molecule has 4 aromatic rings. The molecule has 3 aromatic carbocycles. The minimum Gasteiger partial charge on any atom is -0.461 e. The molecule has 45 heavy (non-hydrogen) atoms. The molecule has 0 radical (unpaired) electrons. The molecule has 1 fully saturated rings. The molecule has 5 atom stereocenters. The van der Waals surface area contributed by atoms with Crippen LogP contribution in [0, 0.1) is 5.82 Å². The molecule has 0 saturated carbocycles. The van der Waals surface area contributed by atoms with Gasteiger partial charge in [-0.1, -0.05) is 60.7 Å². The first-order valence-corrected chi connectivity index (χ1v) is 15.9. The van der Waals surface area contributed by atoms with E-state index in [4.69, 9.17) is 18.5 Å². The van der Waals surface area contributed by atoms with Crippen LogP contribution in [0.1, 0.15) is 30.7 Å². The summed E-state index contributed by atoms with van der Waals surface area (Å²) in [6.07, 6.45) is -2.17. The van der Waals surface area contributed by atoms with E-state index >= 15 is 0 Å². The van der Waals surface area contributed by atoms with Gasteiger partial charge in [0.05, 0.1) is 18.9 Å². The summed E-state index contributed by atoms with van der Waals surface area (Å²) in [5.41, 5.74) is 0.0934. The van der Waals surface area contributed by atoms with Crippen LogP contribution in [0.4, 0.5) is 4.39 Å². The number of nitrogens with one attached hydrogen (secondary N) is 2. The largest absolute Gasteiger partial charge is 0.461 e. The second kappa shape index (κ2) is 12.7. The third-order valence-corrected chi connectivity index (χ3v) is 9.45. The second-order valence-corrected chi connectivity index (χ2v) is 12.7. The van der Waals surface area contributed by atoms with Gasteiger partial charge in [-0.2, -0.15) is 9.48 Å². The number of hydrogen-bond acceptors (Lipinski definition) is 9. The molecule has 1 aromatic heterocycles.